The molecule has 0 amide bonds. The standard InChI is InChI=1S/C48H33NSi/c1-2-18-35(19-3-1)50-36-28-29-43-44(31-36)48(40-25-13-15-32-14-4-5-20-37(32)40)42-24-7-6-23-41(42)47(43)33-16-12-17-34(30-33)49-45-26-10-8-21-38(45)39-22-9-11-27-46(39)49/h1-31H,50H2. The fraction of sp³-hybridized carbons (Fsp3) is 0. The predicted octanol–water partition coefficient (Wildman–Crippen LogP) is 10.7. The summed E-state index contributed by atoms with van der Waals surface area (Å²) in [5.74, 6) is 0. The van der Waals surface area contributed by atoms with Gasteiger partial charge in [0, 0.05) is 16.5 Å². The molecule has 0 unspecified atom stereocenters. The zero-order valence-corrected chi connectivity index (χ0v) is 29.0. The Hall–Kier alpha value is -6.22. The van der Waals surface area contributed by atoms with E-state index < -0.39 is 9.52 Å². The van der Waals surface area contributed by atoms with Gasteiger partial charge in [0.05, 0.1) is 20.6 Å². The molecule has 234 valence electrons. The number of hydrogen-bond donors (Lipinski definition) is 0. The Bertz CT molecular complexity index is 2840. The van der Waals surface area contributed by atoms with E-state index in [1.807, 2.05) is 0 Å². The summed E-state index contributed by atoms with van der Waals surface area (Å²) in [5.41, 5.74) is 8.73. The van der Waals surface area contributed by atoms with E-state index in [4.69, 9.17) is 0 Å². The second kappa shape index (κ2) is 11.7. The Balaban J connectivity index is 1.28. The molecular weight excluding hydrogens is 619 g/mol. The highest BCUT2D eigenvalue weighted by molar-refractivity contribution is 6.67. The molecule has 0 aliphatic heterocycles. The van der Waals surface area contributed by atoms with E-state index in [1.54, 1.807) is 0 Å². The molecule has 1 nitrogen and oxygen atoms in total. The van der Waals surface area contributed by atoms with Crippen LogP contribution in [0.5, 0.6) is 0 Å². The second-order valence-electron chi connectivity index (χ2n) is 13.3. The molecule has 10 rings (SSSR count). The number of aromatic nitrogens is 1. The Morgan fingerprint density at radius 3 is 1.68 bits per heavy atom. The Morgan fingerprint density at radius 1 is 0.340 bits per heavy atom. The minimum Gasteiger partial charge on any atom is -0.309 e. The lowest BCUT2D eigenvalue weighted by Crippen LogP contribution is -2.26. The van der Waals surface area contributed by atoms with Crippen molar-refractivity contribution in [3.05, 3.63) is 188 Å². The van der Waals surface area contributed by atoms with Gasteiger partial charge in [-0.3, -0.25) is 0 Å². The van der Waals surface area contributed by atoms with Crippen LogP contribution in [0.2, 0.25) is 0 Å². The van der Waals surface area contributed by atoms with E-state index in [9.17, 15) is 0 Å². The van der Waals surface area contributed by atoms with Gasteiger partial charge in [0.1, 0.15) is 0 Å². The van der Waals surface area contributed by atoms with Gasteiger partial charge in [-0.05, 0) is 78.8 Å². The molecule has 2 heteroatoms. The van der Waals surface area contributed by atoms with E-state index in [-0.39, 0.29) is 0 Å². The summed E-state index contributed by atoms with van der Waals surface area (Å²) in [5, 5.41) is 13.2. The summed E-state index contributed by atoms with van der Waals surface area (Å²) in [6.45, 7) is 0. The number of benzene rings is 9. The lowest BCUT2D eigenvalue weighted by Gasteiger charge is -2.20. The Kier molecular flexibility index (Phi) is 6.75. The topological polar surface area (TPSA) is 4.93 Å². The smallest absolute Gasteiger partial charge is 0.0875 e. The number of fused-ring (bicyclic) bond motifs is 6. The molecule has 0 fully saturated rings. The fourth-order valence-electron chi connectivity index (χ4n) is 8.21. The van der Waals surface area contributed by atoms with Crippen LogP contribution in [0.15, 0.2) is 188 Å². The third-order valence-electron chi connectivity index (χ3n) is 10.4. The van der Waals surface area contributed by atoms with Gasteiger partial charge in [-0.2, -0.15) is 0 Å². The highest BCUT2D eigenvalue weighted by Crippen LogP contribution is 2.45. The lowest BCUT2D eigenvalue weighted by atomic mass is 9.84. The minimum absolute atomic E-state index is 0.665. The average molecular weight is 652 g/mol. The molecule has 0 saturated heterocycles. The Labute approximate surface area is 293 Å². The van der Waals surface area contributed by atoms with Gasteiger partial charge in [0.2, 0.25) is 0 Å². The van der Waals surface area contributed by atoms with Crippen molar-refractivity contribution in [1.82, 2.24) is 4.57 Å². The summed E-state index contributed by atoms with van der Waals surface area (Å²) in [4.78, 5) is 0. The van der Waals surface area contributed by atoms with Gasteiger partial charge in [0.25, 0.3) is 0 Å². The van der Waals surface area contributed by atoms with Crippen molar-refractivity contribution < 1.29 is 0 Å². The monoisotopic (exact) mass is 651 g/mol. The van der Waals surface area contributed by atoms with Crippen molar-refractivity contribution in [1.29, 1.82) is 0 Å². The van der Waals surface area contributed by atoms with Crippen LogP contribution >= 0.6 is 0 Å². The molecule has 0 aliphatic carbocycles. The quantitative estimate of drug-likeness (QED) is 0.129. The molecule has 1 aromatic heterocycles. The molecular formula is C48H33NSi. The van der Waals surface area contributed by atoms with Gasteiger partial charge in [-0.25, -0.2) is 0 Å². The van der Waals surface area contributed by atoms with Crippen LogP contribution in [-0.2, 0) is 0 Å². The molecule has 10 aromatic rings. The first-order valence-corrected chi connectivity index (χ1v) is 18.8. The van der Waals surface area contributed by atoms with E-state index in [2.05, 4.69) is 193 Å². The highest BCUT2D eigenvalue weighted by Gasteiger charge is 2.20. The first-order chi connectivity index (χ1) is 24.8. The molecule has 50 heavy (non-hydrogen) atoms. The summed E-state index contributed by atoms with van der Waals surface area (Å²) >= 11 is 0. The maximum atomic E-state index is 2.51. The van der Waals surface area contributed by atoms with Crippen LogP contribution in [0.1, 0.15) is 0 Å². The molecule has 0 atom stereocenters. The number of para-hydroxylation sites is 2. The largest absolute Gasteiger partial charge is 0.309 e. The van der Waals surface area contributed by atoms with E-state index in [0.717, 1.165) is 0 Å². The van der Waals surface area contributed by atoms with Crippen molar-refractivity contribution in [2.45, 2.75) is 0 Å². The summed E-state index contributed by atoms with van der Waals surface area (Å²) < 4.78 is 2.42. The molecule has 0 radical (unpaired) electrons. The van der Waals surface area contributed by atoms with E-state index in [1.165, 1.54) is 92.4 Å². The third-order valence-corrected chi connectivity index (χ3v) is 12.1. The van der Waals surface area contributed by atoms with Gasteiger partial charge in [-0.1, -0.05) is 174 Å². The van der Waals surface area contributed by atoms with Gasteiger partial charge in [-0.15, -0.1) is 0 Å². The van der Waals surface area contributed by atoms with Crippen molar-refractivity contribution in [2.24, 2.45) is 0 Å². The lowest BCUT2D eigenvalue weighted by molar-refractivity contribution is 1.18. The zero-order chi connectivity index (χ0) is 33.0. The van der Waals surface area contributed by atoms with E-state index in [0.29, 0.717) is 0 Å². The molecule has 0 aliphatic rings. The first-order valence-electron chi connectivity index (χ1n) is 17.4. The number of rotatable bonds is 5. The number of hydrogen-bond acceptors (Lipinski definition) is 0. The highest BCUT2D eigenvalue weighted by atomic mass is 28.2. The van der Waals surface area contributed by atoms with Crippen molar-refractivity contribution in [3.63, 3.8) is 0 Å². The Morgan fingerprint density at radius 2 is 0.920 bits per heavy atom. The SMILES string of the molecule is c1ccc([SiH2]c2ccc3c(-c4cccc(-n5c6ccccc6c6ccccc65)c4)c4ccccc4c(-c4cccc5ccccc45)c3c2)cc1. The molecule has 0 spiro atoms. The van der Waals surface area contributed by atoms with E-state index >= 15 is 0 Å². The fourth-order valence-corrected chi connectivity index (χ4v) is 9.73. The number of nitrogens with zero attached hydrogens (tertiary/aromatic N) is 1. The van der Waals surface area contributed by atoms with Crippen molar-refractivity contribution in [3.8, 4) is 27.9 Å². The second-order valence-corrected chi connectivity index (χ2v) is 15.3. The van der Waals surface area contributed by atoms with Crippen molar-refractivity contribution >= 4 is 74.0 Å². The average Bonchev–Trinajstić information content (AvgIpc) is 3.52. The summed E-state index contributed by atoms with van der Waals surface area (Å²) in [6, 6.07) is 69.6. The maximum Gasteiger partial charge on any atom is 0.0875 e. The maximum absolute atomic E-state index is 2.51. The molecule has 0 bridgehead atoms. The molecule has 0 saturated carbocycles. The van der Waals surface area contributed by atoms with Crippen LogP contribution in [0.25, 0.3) is 82.1 Å². The minimum atomic E-state index is -0.665. The van der Waals surface area contributed by atoms with Gasteiger partial charge < -0.3 is 4.57 Å². The molecule has 0 N–H and O–H groups in total. The third kappa shape index (κ3) is 4.61. The van der Waals surface area contributed by atoms with Crippen LogP contribution in [0.3, 0.4) is 0 Å². The zero-order valence-electron chi connectivity index (χ0n) is 27.6. The molecule has 9 aromatic carbocycles. The first kappa shape index (κ1) is 28.8. The normalized spacial score (nSPS) is 11.9. The van der Waals surface area contributed by atoms with Crippen LogP contribution in [0, 0.1) is 0 Å². The van der Waals surface area contributed by atoms with Gasteiger partial charge in [0.15, 0.2) is 0 Å². The molecule has 1 heterocycles. The predicted molar refractivity (Wildman–Crippen MR) is 218 cm³/mol. The summed E-state index contributed by atoms with van der Waals surface area (Å²) in [7, 11) is -0.665. The van der Waals surface area contributed by atoms with Crippen LogP contribution in [0.4, 0.5) is 0 Å². The van der Waals surface area contributed by atoms with Crippen molar-refractivity contribution in [2.75, 3.05) is 0 Å². The van der Waals surface area contributed by atoms with Gasteiger partial charge >= 0.3 is 0 Å². The summed E-state index contributed by atoms with van der Waals surface area (Å²) in [6.07, 6.45) is 0. The van der Waals surface area contributed by atoms with Crippen LogP contribution < -0.4 is 10.4 Å². The van der Waals surface area contributed by atoms with Crippen LogP contribution in [-0.4, -0.2) is 14.1 Å².